The normalized spacial score (nSPS) is 25.8. The summed E-state index contributed by atoms with van der Waals surface area (Å²) in [6.45, 7) is 4.98. The van der Waals surface area contributed by atoms with Crippen LogP contribution in [-0.4, -0.2) is 23.0 Å². The predicted octanol–water partition coefficient (Wildman–Crippen LogP) is 1.85. The Morgan fingerprint density at radius 3 is 3.12 bits per heavy atom. The molecule has 0 aromatic carbocycles. The average molecular weight is 253 g/mol. The molecule has 1 amide bonds. The molecule has 1 aromatic rings. The molecular weight excluding hydrogens is 234 g/mol. The van der Waals surface area contributed by atoms with Gasteiger partial charge in [-0.25, -0.2) is 4.98 Å². The Hall–Kier alpha value is -0.940. The van der Waals surface area contributed by atoms with Crippen LogP contribution in [0.3, 0.4) is 0 Å². The van der Waals surface area contributed by atoms with Crippen molar-refractivity contribution < 1.29 is 4.79 Å². The summed E-state index contributed by atoms with van der Waals surface area (Å²) in [5.41, 5.74) is -0.356. The van der Waals surface area contributed by atoms with Crippen LogP contribution in [0.25, 0.3) is 0 Å². The molecule has 1 aliphatic heterocycles. The third-order valence-electron chi connectivity index (χ3n) is 3.45. The van der Waals surface area contributed by atoms with E-state index in [1.807, 2.05) is 12.3 Å². The Labute approximate surface area is 106 Å². The maximum atomic E-state index is 12.3. The number of thiazole rings is 1. The zero-order chi connectivity index (χ0) is 12.3. The van der Waals surface area contributed by atoms with Gasteiger partial charge in [-0.2, -0.15) is 0 Å². The van der Waals surface area contributed by atoms with Crippen LogP contribution in [0.4, 0.5) is 0 Å². The van der Waals surface area contributed by atoms with Crippen molar-refractivity contribution in [2.24, 2.45) is 0 Å². The fourth-order valence-electron chi connectivity index (χ4n) is 2.31. The van der Waals surface area contributed by atoms with E-state index in [1.54, 1.807) is 17.5 Å². The summed E-state index contributed by atoms with van der Waals surface area (Å²) in [5, 5.41) is 9.30. The van der Waals surface area contributed by atoms with E-state index in [0.717, 1.165) is 30.8 Å². The maximum Gasteiger partial charge on any atom is 0.240 e. The Balaban J connectivity index is 2.01. The summed E-state index contributed by atoms with van der Waals surface area (Å²) in [4.78, 5) is 16.5. The van der Waals surface area contributed by atoms with Crippen LogP contribution in [0.1, 0.15) is 44.2 Å². The Bertz CT molecular complexity index is 371. The molecule has 2 rings (SSSR count). The third-order valence-corrected chi connectivity index (χ3v) is 4.41. The standard InChI is InChI=1S/C12H19N3OS/c1-3-12(5-4-6-14-12)11(16)15-9(2)10-13-7-8-17-10/h7-9,14H,3-6H2,1-2H3,(H,15,16). The Kier molecular flexibility index (Phi) is 3.79. The highest BCUT2D eigenvalue weighted by atomic mass is 32.1. The van der Waals surface area contributed by atoms with Crippen molar-refractivity contribution in [2.45, 2.75) is 44.7 Å². The van der Waals surface area contributed by atoms with Gasteiger partial charge in [0.05, 0.1) is 11.6 Å². The summed E-state index contributed by atoms with van der Waals surface area (Å²) < 4.78 is 0. The molecule has 1 saturated heterocycles. The second-order valence-corrected chi connectivity index (χ2v) is 5.46. The number of nitrogens with zero attached hydrogens (tertiary/aromatic N) is 1. The summed E-state index contributed by atoms with van der Waals surface area (Å²) >= 11 is 1.58. The van der Waals surface area contributed by atoms with Crippen molar-refractivity contribution in [1.82, 2.24) is 15.6 Å². The number of hydrogen-bond acceptors (Lipinski definition) is 4. The molecule has 0 radical (unpaired) electrons. The molecule has 0 bridgehead atoms. The predicted molar refractivity (Wildman–Crippen MR) is 68.9 cm³/mol. The van der Waals surface area contributed by atoms with E-state index in [9.17, 15) is 4.79 Å². The van der Waals surface area contributed by atoms with Gasteiger partial charge in [-0.1, -0.05) is 6.92 Å². The van der Waals surface area contributed by atoms with Crippen molar-refractivity contribution in [3.8, 4) is 0 Å². The molecule has 0 spiro atoms. The van der Waals surface area contributed by atoms with Crippen LogP contribution in [0.5, 0.6) is 0 Å². The first-order valence-corrected chi connectivity index (χ1v) is 7.01. The molecule has 17 heavy (non-hydrogen) atoms. The van der Waals surface area contributed by atoms with Gasteiger partial charge in [-0.15, -0.1) is 11.3 Å². The summed E-state index contributed by atoms with van der Waals surface area (Å²) in [6.07, 6.45) is 4.61. The number of carbonyl (C=O) groups is 1. The largest absolute Gasteiger partial charge is 0.346 e. The maximum absolute atomic E-state index is 12.3. The zero-order valence-electron chi connectivity index (χ0n) is 10.3. The first-order valence-electron chi connectivity index (χ1n) is 6.13. The third kappa shape index (κ3) is 2.50. The van der Waals surface area contributed by atoms with Crippen LogP contribution in [0, 0.1) is 0 Å². The molecule has 2 N–H and O–H groups in total. The van der Waals surface area contributed by atoms with Gasteiger partial charge in [-0.05, 0) is 32.7 Å². The number of aromatic nitrogens is 1. The average Bonchev–Trinajstić information content (AvgIpc) is 3.01. The molecule has 1 aliphatic rings. The Morgan fingerprint density at radius 2 is 2.59 bits per heavy atom. The molecule has 94 valence electrons. The van der Waals surface area contributed by atoms with E-state index in [1.165, 1.54) is 0 Å². The first-order chi connectivity index (χ1) is 8.18. The highest BCUT2D eigenvalue weighted by molar-refractivity contribution is 7.09. The highest BCUT2D eigenvalue weighted by Crippen LogP contribution is 2.24. The van der Waals surface area contributed by atoms with Gasteiger partial charge < -0.3 is 10.6 Å². The number of carbonyl (C=O) groups excluding carboxylic acids is 1. The number of hydrogen-bond donors (Lipinski definition) is 2. The van der Waals surface area contributed by atoms with E-state index < -0.39 is 0 Å². The van der Waals surface area contributed by atoms with Gasteiger partial charge in [0.2, 0.25) is 5.91 Å². The fourth-order valence-corrected chi connectivity index (χ4v) is 2.95. The lowest BCUT2D eigenvalue weighted by molar-refractivity contribution is -0.128. The minimum atomic E-state index is -0.356. The monoisotopic (exact) mass is 253 g/mol. The topological polar surface area (TPSA) is 54.0 Å². The number of rotatable bonds is 4. The molecule has 1 aromatic heterocycles. The van der Waals surface area contributed by atoms with Crippen LogP contribution in [0.15, 0.2) is 11.6 Å². The van der Waals surface area contributed by atoms with Crippen LogP contribution in [0.2, 0.25) is 0 Å². The molecule has 2 heterocycles. The Morgan fingerprint density at radius 1 is 1.76 bits per heavy atom. The summed E-state index contributed by atoms with van der Waals surface area (Å²) in [5.74, 6) is 0.111. The van der Waals surface area contributed by atoms with E-state index >= 15 is 0 Å². The molecular formula is C12H19N3OS. The van der Waals surface area contributed by atoms with Gasteiger partial charge in [0.25, 0.3) is 0 Å². The quantitative estimate of drug-likeness (QED) is 0.861. The first kappa shape index (κ1) is 12.5. The van der Waals surface area contributed by atoms with E-state index in [2.05, 4.69) is 22.5 Å². The summed E-state index contributed by atoms with van der Waals surface area (Å²) in [6, 6.07) is -0.00618. The van der Waals surface area contributed by atoms with Crippen molar-refractivity contribution in [3.63, 3.8) is 0 Å². The lowest BCUT2D eigenvalue weighted by Gasteiger charge is -2.28. The smallest absolute Gasteiger partial charge is 0.240 e. The number of amides is 1. The minimum absolute atomic E-state index is 0.00618. The van der Waals surface area contributed by atoms with Gasteiger partial charge in [0, 0.05) is 11.6 Å². The molecule has 5 heteroatoms. The fraction of sp³-hybridized carbons (Fsp3) is 0.667. The molecule has 0 saturated carbocycles. The lowest BCUT2D eigenvalue weighted by Crippen LogP contribution is -2.53. The van der Waals surface area contributed by atoms with E-state index in [0.29, 0.717) is 0 Å². The van der Waals surface area contributed by atoms with Crippen molar-refractivity contribution in [2.75, 3.05) is 6.54 Å². The highest BCUT2D eigenvalue weighted by Gasteiger charge is 2.39. The molecule has 2 atom stereocenters. The van der Waals surface area contributed by atoms with Crippen LogP contribution in [-0.2, 0) is 4.79 Å². The lowest BCUT2D eigenvalue weighted by atomic mass is 9.93. The molecule has 4 nitrogen and oxygen atoms in total. The second kappa shape index (κ2) is 5.14. The SMILES string of the molecule is CCC1(C(=O)NC(C)c2nccs2)CCCN1. The van der Waals surface area contributed by atoms with Gasteiger partial charge in [-0.3, -0.25) is 4.79 Å². The van der Waals surface area contributed by atoms with Crippen molar-refractivity contribution in [3.05, 3.63) is 16.6 Å². The van der Waals surface area contributed by atoms with E-state index in [4.69, 9.17) is 0 Å². The van der Waals surface area contributed by atoms with Crippen LogP contribution < -0.4 is 10.6 Å². The number of nitrogens with one attached hydrogen (secondary N) is 2. The van der Waals surface area contributed by atoms with Gasteiger partial charge in [0.1, 0.15) is 5.01 Å². The molecule has 2 unspecified atom stereocenters. The van der Waals surface area contributed by atoms with Crippen molar-refractivity contribution in [1.29, 1.82) is 0 Å². The van der Waals surface area contributed by atoms with Gasteiger partial charge in [0.15, 0.2) is 0 Å². The second-order valence-electron chi connectivity index (χ2n) is 4.53. The zero-order valence-corrected chi connectivity index (χ0v) is 11.1. The van der Waals surface area contributed by atoms with Crippen LogP contribution >= 0.6 is 11.3 Å². The molecule has 0 aliphatic carbocycles. The van der Waals surface area contributed by atoms with Gasteiger partial charge >= 0.3 is 0 Å². The van der Waals surface area contributed by atoms with E-state index in [-0.39, 0.29) is 17.5 Å². The van der Waals surface area contributed by atoms with Crippen molar-refractivity contribution >= 4 is 17.2 Å². The molecule has 1 fully saturated rings. The summed E-state index contributed by atoms with van der Waals surface area (Å²) in [7, 11) is 0. The minimum Gasteiger partial charge on any atom is -0.346 e.